The van der Waals surface area contributed by atoms with Crippen molar-refractivity contribution < 1.29 is 28.2 Å². The monoisotopic (exact) mass is 444 g/mol. The molecule has 164 valence electrons. The summed E-state index contributed by atoms with van der Waals surface area (Å²) in [6.07, 6.45) is 4.77. The Kier molecular flexibility index (Phi) is 7.04. The number of nitrogens with one attached hydrogen (secondary N) is 1. The van der Waals surface area contributed by atoms with Crippen molar-refractivity contribution in [1.29, 1.82) is 0 Å². The highest BCUT2D eigenvalue weighted by atomic mass is 32.2. The van der Waals surface area contributed by atoms with Gasteiger partial charge in [0.25, 0.3) is 0 Å². The van der Waals surface area contributed by atoms with Crippen LogP contribution in [-0.2, 0) is 27.4 Å². The third-order valence-electron chi connectivity index (χ3n) is 4.65. The lowest BCUT2D eigenvalue weighted by Crippen LogP contribution is -2.48. The summed E-state index contributed by atoms with van der Waals surface area (Å²) < 4.78 is 26.8. The smallest absolute Gasteiger partial charge is 0.475 e. The maximum atomic E-state index is 12.6. The molecule has 0 spiro atoms. The quantitative estimate of drug-likeness (QED) is 0.458. The van der Waals surface area contributed by atoms with Gasteiger partial charge >= 0.3 is 7.12 Å². The summed E-state index contributed by atoms with van der Waals surface area (Å²) in [5, 5.41) is 23.1. The Morgan fingerprint density at radius 1 is 1.23 bits per heavy atom. The molecule has 0 aliphatic heterocycles. The number of ether oxygens (including phenoxy) is 1. The van der Waals surface area contributed by atoms with Gasteiger partial charge in [-0.3, -0.25) is 4.79 Å². The van der Waals surface area contributed by atoms with Gasteiger partial charge in [0.05, 0.1) is 31.4 Å². The maximum Gasteiger partial charge on any atom is 0.475 e. The highest BCUT2D eigenvalue weighted by Gasteiger charge is 2.27. The second kappa shape index (κ2) is 9.55. The van der Waals surface area contributed by atoms with E-state index >= 15 is 0 Å². The minimum absolute atomic E-state index is 0.0353. The topological polar surface area (TPSA) is 121 Å². The van der Waals surface area contributed by atoms with Gasteiger partial charge in [-0.25, -0.2) is 4.21 Å². The number of fused-ring (bicyclic) bond motifs is 1. The van der Waals surface area contributed by atoms with E-state index in [1.165, 1.54) is 19.6 Å². The summed E-state index contributed by atoms with van der Waals surface area (Å²) in [4.78, 5) is 12.6. The number of hydrogen-bond acceptors (Lipinski definition) is 7. The lowest BCUT2D eigenvalue weighted by atomic mass is 9.75. The second-order valence-corrected chi connectivity index (χ2v) is 10.0. The van der Waals surface area contributed by atoms with E-state index in [1.807, 2.05) is 24.3 Å². The van der Waals surface area contributed by atoms with Crippen LogP contribution in [0.15, 0.2) is 57.5 Å². The molecule has 1 heterocycles. The number of carbonyl (C=O) groups excluding carboxylic acids is 1. The Labute approximate surface area is 181 Å². The molecular formula is C21H25BN2O6S. The molecule has 8 nitrogen and oxygen atoms in total. The molecule has 1 amide bonds. The standard InChI is InChI=1S/C21H25BN2O6S/c1-29-19-12-16(24-31(2,3)28)9-8-14(19)11-21(25)23-20(22(26)27)10-15-13-30-18-7-5-4-6-17(15)18/h4-9,12-13,20,26-27H,10-11H2,1-3H3,(H,23,25)/t20-/m0/s1. The van der Waals surface area contributed by atoms with Crippen molar-refractivity contribution in [3.05, 3.63) is 59.9 Å². The fourth-order valence-electron chi connectivity index (χ4n) is 3.28. The van der Waals surface area contributed by atoms with Crippen molar-refractivity contribution in [1.82, 2.24) is 5.32 Å². The molecule has 1 atom stereocenters. The number of amides is 1. The summed E-state index contributed by atoms with van der Waals surface area (Å²) >= 11 is 0. The van der Waals surface area contributed by atoms with Gasteiger partial charge in [0, 0.05) is 39.3 Å². The van der Waals surface area contributed by atoms with Crippen LogP contribution in [0.2, 0.25) is 0 Å². The predicted octanol–water partition coefficient (Wildman–Crippen LogP) is 2.08. The molecule has 0 bridgehead atoms. The average molecular weight is 444 g/mol. The maximum absolute atomic E-state index is 12.6. The molecule has 31 heavy (non-hydrogen) atoms. The van der Waals surface area contributed by atoms with E-state index in [0.29, 0.717) is 22.6 Å². The fraction of sp³-hybridized carbons (Fsp3) is 0.286. The number of carbonyl (C=O) groups is 1. The summed E-state index contributed by atoms with van der Waals surface area (Å²) in [7, 11) is -2.60. The van der Waals surface area contributed by atoms with E-state index in [9.17, 15) is 19.1 Å². The van der Waals surface area contributed by atoms with E-state index in [2.05, 4.69) is 9.68 Å². The molecule has 3 rings (SSSR count). The zero-order valence-electron chi connectivity index (χ0n) is 17.6. The molecule has 0 aliphatic rings. The number of rotatable bonds is 8. The van der Waals surface area contributed by atoms with Crippen LogP contribution in [0, 0.1) is 0 Å². The van der Waals surface area contributed by atoms with Gasteiger partial charge in [0.15, 0.2) is 0 Å². The van der Waals surface area contributed by atoms with Gasteiger partial charge in [-0.15, -0.1) is 0 Å². The number of methoxy groups -OCH3 is 1. The molecule has 0 saturated carbocycles. The molecule has 3 N–H and O–H groups in total. The summed E-state index contributed by atoms with van der Waals surface area (Å²) in [5.74, 6) is -0.885. The molecule has 2 aromatic carbocycles. The number of nitrogens with zero attached hydrogens (tertiary/aromatic N) is 1. The Bertz CT molecular complexity index is 1190. The van der Waals surface area contributed by atoms with Crippen molar-refractivity contribution >= 4 is 39.4 Å². The van der Waals surface area contributed by atoms with Crippen LogP contribution in [-0.4, -0.2) is 52.8 Å². The van der Waals surface area contributed by atoms with Crippen molar-refractivity contribution in [2.24, 2.45) is 4.36 Å². The lowest BCUT2D eigenvalue weighted by Gasteiger charge is -2.18. The number of para-hydroxylation sites is 1. The van der Waals surface area contributed by atoms with Crippen LogP contribution in [0.3, 0.4) is 0 Å². The van der Waals surface area contributed by atoms with E-state index < -0.39 is 28.7 Å². The molecule has 10 heteroatoms. The van der Waals surface area contributed by atoms with E-state index in [-0.39, 0.29) is 12.8 Å². The van der Waals surface area contributed by atoms with Gasteiger partial charge in [-0.05, 0) is 24.1 Å². The normalized spacial score (nSPS) is 12.4. The van der Waals surface area contributed by atoms with Gasteiger partial charge in [-0.1, -0.05) is 24.3 Å². The summed E-state index contributed by atoms with van der Waals surface area (Å²) in [5.41, 5.74) is 2.54. The molecule has 1 aromatic heterocycles. The number of benzene rings is 2. The van der Waals surface area contributed by atoms with Gasteiger partial charge < -0.3 is 24.5 Å². The van der Waals surface area contributed by atoms with E-state index in [1.54, 1.807) is 24.5 Å². The molecule has 0 saturated heterocycles. The minimum atomic E-state index is -2.33. The SMILES string of the molecule is COc1cc(N=S(C)(C)=O)ccc1CC(=O)N[C@@H](Cc1coc2ccccc12)B(O)O. The molecule has 0 aliphatic carbocycles. The number of hydrogen-bond donors (Lipinski definition) is 3. The third kappa shape index (κ3) is 6.10. The molecule has 0 unspecified atom stereocenters. The van der Waals surface area contributed by atoms with Crippen LogP contribution in [0.5, 0.6) is 5.75 Å². The van der Waals surface area contributed by atoms with Crippen LogP contribution >= 0.6 is 0 Å². The minimum Gasteiger partial charge on any atom is -0.496 e. The predicted molar refractivity (Wildman–Crippen MR) is 121 cm³/mol. The zero-order chi connectivity index (χ0) is 22.6. The van der Waals surface area contributed by atoms with Crippen molar-refractivity contribution in [3.8, 4) is 5.75 Å². The largest absolute Gasteiger partial charge is 0.496 e. The van der Waals surface area contributed by atoms with Crippen molar-refractivity contribution in [2.45, 2.75) is 18.8 Å². The third-order valence-corrected chi connectivity index (χ3v) is 5.30. The van der Waals surface area contributed by atoms with Crippen molar-refractivity contribution in [2.75, 3.05) is 19.6 Å². The van der Waals surface area contributed by atoms with E-state index in [4.69, 9.17) is 9.15 Å². The summed E-state index contributed by atoms with van der Waals surface area (Å²) in [6, 6.07) is 12.4. The average Bonchev–Trinajstić information content (AvgIpc) is 3.10. The summed E-state index contributed by atoms with van der Waals surface area (Å²) in [6.45, 7) is 0. The van der Waals surface area contributed by atoms with Crippen molar-refractivity contribution in [3.63, 3.8) is 0 Å². The Morgan fingerprint density at radius 3 is 2.65 bits per heavy atom. The van der Waals surface area contributed by atoms with Crippen LogP contribution < -0.4 is 10.1 Å². The van der Waals surface area contributed by atoms with Gasteiger partial charge in [0.1, 0.15) is 11.3 Å². The Balaban J connectivity index is 1.74. The zero-order valence-corrected chi connectivity index (χ0v) is 18.4. The molecular weight excluding hydrogens is 419 g/mol. The highest BCUT2D eigenvalue weighted by molar-refractivity contribution is 7.92. The fourth-order valence-corrected chi connectivity index (χ4v) is 3.90. The van der Waals surface area contributed by atoms with E-state index in [0.717, 1.165) is 10.9 Å². The number of furan rings is 1. The Morgan fingerprint density at radius 2 is 1.97 bits per heavy atom. The highest BCUT2D eigenvalue weighted by Crippen LogP contribution is 2.26. The first-order chi connectivity index (χ1) is 14.7. The van der Waals surface area contributed by atoms with Gasteiger partial charge in [-0.2, -0.15) is 4.36 Å². The first kappa shape index (κ1) is 22.9. The first-order valence-electron chi connectivity index (χ1n) is 9.61. The van der Waals surface area contributed by atoms with Crippen LogP contribution in [0.25, 0.3) is 11.0 Å². The second-order valence-electron chi connectivity index (χ2n) is 7.49. The van der Waals surface area contributed by atoms with Crippen LogP contribution in [0.4, 0.5) is 5.69 Å². The molecule has 3 aromatic rings. The lowest BCUT2D eigenvalue weighted by molar-refractivity contribution is -0.120. The first-order valence-corrected chi connectivity index (χ1v) is 11.9. The van der Waals surface area contributed by atoms with Gasteiger partial charge in [0.2, 0.25) is 5.91 Å². The van der Waals surface area contributed by atoms with Crippen LogP contribution in [0.1, 0.15) is 11.1 Å². The Hall–Kier alpha value is -2.82. The molecule has 0 radical (unpaired) electrons. The molecule has 0 fully saturated rings.